The summed E-state index contributed by atoms with van der Waals surface area (Å²) in [7, 11) is 0. The first-order valence-electron chi connectivity index (χ1n) is 10.8. The fourth-order valence-corrected chi connectivity index (χ4v) is 4.13. The van der Waals surface area contributed by atoms with E-state index in [2.05, 4.69) is 10.2 Å². The van der Waals surface area contributed by atoms with E-state index in [-0.39, 0.29) is 23.4 Å². The smallest absolute Gasteiger partial charge is 0.256 e. The molecule has 0 unspecified atom stereocenters. The molecular weight excluding hydrogens is 397 g/mol. The summed E-state index contributed by atoms with van der Waals surface area (Å²) in [6, 6.07) is 13.8. The molecule has 2 fully saturated rings. The van der Waals surface area contributed by atoms with Gasteiger partial charge in [-0.2, -0.15) is 0 Å². The van der Waals surface area contributed by atoms with Gasteiger partial charge in [0, 0.05) is 44.3 Å². The first-order valence-corrected chi connectivity index (χ1v) is 10.8. The van der Waals surface area contributed by atoms with Gasteiger partial charge in [0.15, 0.2) is 0 Å². The Kier molecular flexibility index (Phi) is 6.94. The molecule has 0 radical (unpaired) electrons. The van der Waals surface area contributed by atoms with Crippen molar-refractivity contribution >= 4 is 11.8 Å². The molecule has 0 aliphatic carbocycles. The summed E-state index contributed by atoms with van der Waals surface area (Å²) in [6.07, 6.45) is 1.30. The third-order valence-electron chi connectivity index (χ3n) is 5.92. The summed E-state index contributed by atoms with van der Waals surface area (Å²) in [5.74, 6) is -0.888. The van der Waals surface area contributed by atoms with E-state index in [0.29, 0.717) is 31.5 Å². The monoisotopic (exact) mass is 425 g/mol. The van der Waals surface area contributed by atoms with E-state index in [1.807, 2.05) is 24.3 Å². The maximum Gasteiger partial charge on any atom is 0.256 e. The Morgan fingerprint density at radius 2 is 1.74 bits per heavy atom. The van der Waals surface area contributed by atoms with E-state index < -0.39 is 5.82 Å². The maximum atomic E-state index is 13.9. The van der Waals surface area contributed by atoms with Gasteiger partial charge in [-0.05, 0) is 42.7 Å². The molecule has 6 nitrogen and oxygen atoms in total. The van der Waals surface area contributed by atoms with Gasteiger partial charge in [0.2, 0.25) is 0 Å². The van der Waals surface area contributed by atoms with Crippen LogP contribution in [0.4, 0.5) is 4.39 Å². The molecule has 2 saturated heterocycles. The minimum absolute atomic E-state index is 0.0000645. The number of rotatable bonds is 5. The summed E-state index contributed by atoms with van der Waals surface area (Å²) in [5, 5.41) is 3.09. The second-order valence-corrected chi connectivity index (χ2v) is 8.11. The highest BCUT2D eigenvalue weighted by Crippen LogP contribution is 2.17. The van der Waals surface area contributed by atoms with Crippen molar-refractivity contribution in [1.82, 2.24) is 15.1 Å². The predicted molar refractivity (Wildman–Crippen MR) is 115 cm³/mol. The number of nitrogens with one attached hydrogen (secondary N) is 1. The zero-order valence-corrected chi connectivity index (χ0v) is 17.6. The molecule has 2 aliphatic heterocycles. The first kappa shape index (κ1) is 21.5. The van der Waals surface area contributed by atoms with E-state index >= 15 is 0 Å². The van der Waals surface area contributed by atoms with E-state index in [1.54, 1.807) is 17.0 Å². The molecule has 7 heteroatoms. The van der Waals surface area contributed by atoms with Crippen LogP contribution in [0.2, 0.25) is 0 Å². The molecule has 0 saturated carbocycles. The van der Waals surface area contributed by atoms with E-state index in [1.165, 1.54) is 12.1 Å². The number of morpholine rings is 1. The van der Waals surface area contributed by atoms with Gasteiger partial charge in [0.1, 0.15) is 5.82 Å². The number of nitrogens with zero attached hydrogens (tertiary/aromatic N) is 2. The normalized spacial score (nSPS) is 18.0. The van der Waals surface area contributed by atoms with Gasteiger partial charge in [-0.1, -0.05) is 24.3 Å². The molecule has 164 valence electrons. The van der Waals surface area contributed by atoms with Gasteiger partial charge >= 0.3 is 0 Å². The van der Waals surface area contributed by atoms with Gasteiger partial charge in [-0.25, -0.2) is 4.39 Å². The van der Waals surface area contributed by atoms with Gasteiger partial charge in [-0.15, -0.1) is 0 Å². The Morgan fingerprint density at radius 3 is 2.48 bits per heavy atom. The van der Waals surface area contributed by atoms with Crippen molar-refractivity contribution in [3.05, 3.63) is 71.0 Å². The molecule has 1 N–H and O–H groups in total. The van der Waals surface area contributed by atoms with Crippen molar-refractivity contribution < 1.29 is 18.7 Å². The molecule has 0 spiro atoms. The van der Waals surface area contributed by atoms with Crippen molar-refractivity contribution in [2.45, 2.75) is 25.4 Å². The minimum atomic E-state index is -0.500. The van der Waals surface area contributed by atoms with E-state index in [0.717, 1.165) is 38.4 Å². The Labute approximate surface area is 182 Å². The second kappa shape index (κ2) is 10.0. The van der Waals surface area contributed by atoms with Crippen molar-refractivity contribution in [2.24, 2.45) is 0 Å². The van der Waals surface area contributed by atoms with E-state index in [4.69, 9.17) is 4.74 Å². The highest BCUT2D eigenvalue weighted by atomic mass is 19.1. The summed E-state index contributed by atoms with van der Waals surface area (Å²) >= 11 is 0. The Bertz CT molecular complexity index is 922. The molecule has 2 aromatic rings. The van der Waals surface area contributed by atoms with Crippen LogP contribution in [0.3, 0.4) is 0 Å². The van der Waals surface area contributed by atoms with E-state index in [9.17, 15) is 14.0 Å². The highest BCUT2D eigenvalue weighted by molar-refractivity contribution is 5.95. The summed E-state index contributed by atoms with van der Waals surface area (Å²) in [4.78, 5) is 29.3. The summed E-state index contributed by atoms with van der Waals surface area (Å²) in [6.45, 7) is 5.10. The average molecular weight is 426 g/mol. The van der Waals surface area contributed by atoms with Crippen LogP contribution in [0, 0.1) is 5.82 Å². The predicted octanol–water partition coefficient (Wildman–Crippen LogP) is 2.69. The number of piperidine rings is 1. The van der Waals surface area contributed by atoms with Crippen LogP contribution < -0.4 is 5.32 Å². The van der Waals surface area contributed by atoms with Crippen LogP contribution in [-0.4, -0.2) is 67.0 Å². The van der Waals surface area contributed by atoms with Crippen LogP contribution in [0.1, 0.15) is 39.1 Å². The lowest BCUT2D eigenvalue weighted by Gasteiger charge is -2.32. The number of hydrogen-bond acceptors (Lipinski definition) is 4. The first-order chi connectivity index (χ1) is 15.1. The molecule has 4 rings (SSSR count). The lowest BCUT2D eigenvalue weighted by molar-refractivity contribution is 0.0341. The molecule has 0 bridgehead atoms. The highest BCUT2D eigenvalue weighted by Gasteiger charge is 2.26. The topological polar surface area (TPSA) is 61.9 Å². The van der Waals surface area contributed by atoms with Crippen LogP contribution in [0.15, 0.2) is 48.5 Å². The van der Waals surface area contributed by atoms with Crippen molar-refractivity contribution in [3.8, 4) is 0 Å². The number of carbonyl (C=O) groups is 2. The van der Waals surface area contributed by atoms with Gasteiger partial charge in [-0.3, -0.25) is 14.5 Å². The molecule has 0 aromatic heterocycles. The van der Waals surface area contributed by atoms with Crippen LogP contribution in [-0.2, 0) is 11.3 Å². The lowest BCUT2D eigenvalue weighted by atomic mass is 10.0. The van der Waals surface area contributed by atoms with Crippen molar-refractivity contribution in [3.63, 3.8) is 0 Å². The number of carbonyl (C=O) groups excluding carboxylic acids is 2. The molecule has 2 aromatic carbocycles. The number of halogens is 1. The standard InChI is InChI=1S/C24H28FN3O3/c25-22-7-2-1-6-21(22)24(30)28-10-8-20(9-11-28)26-23(29)19-5-3-4-18(16-19)17-27-12-14-31-15-13-27/h1-7,16,20H,8-15,17H2,(H,26,29). The number of amides is 2. The number of likely N-dealkylation sites (tertiary alicyclic amines) is 1. The molecular formula is C24H28FN3O3. The fraction of sp³-hybridized carbons (Fsp3) is 0.417. The van der Waals surface area contributed by atoms with Crippen LogP contribution in [0.25, 0.3) is 0 Å². The number of ether oxygens (including phenoxy) is 1. The quantitative estimate of drug-likeness (QED) is 0.800. The third-order valence-corrected chi connectivity index (χ3v) is 5.92. The SMILES string of the molecule is O=C(NC1CCN(C(=O)c2ccccc2F)CC1)c1cccc(CN2CCOCC2)c1. The van der Waals surface area contributed by atoms with Gasteiger partial charge in [0.05, 0.1) is 18.8 Å². The van der Waals surface area contributed by atoms with Gasteiger partial charge in [0.25, 0.3) is 11.8 Å². The zero-order chi connectivity index (χ0) is 21.6. The van der Waals surface area contributed by atoms with Crippen LogP contribution >= 0.6 is 0 Å². The number of benzene rings is 2. The summed E-state index contributed by atoms with van der Waals surface area (Å²) in [5.41, 5.74) is 1.86. The third kappa shape index (κ3) is 5.48. The average Bonchev–Trinajstić information content (AvgIpc) is 2.80. The molecule has 2 amide bonds. The van der Waals surface area contributed by atoms with Crippen molar-refractivity contribution in [1.29, 1.82) is 0 Å². The molecule has 2 aliphatic rings. The Morgan fingerprint density at radius 1 is 1.00 bits per heavy atom. The fourth-order valence-electron chi connectivity index (χ4n) is 4.13. The maximum absolute atomic E-state index is 13.9. The second-order valence-electron chi connectivity index (χ2n) is 8.11. The number of hydrogen-bond donors (Lipinski definition) is 1. The minimum Gasteiger partial charge on any atom is -0.379 e. The van der Waals surface area contributed by atoms with Crippen molar-refractivity contribution in [2.75, 3.05) is 39.4 Å². The molecule has 0 atom stereocenters. The molecule has 31 heavy (non-hydrogen) atoms. The Balaban J connectivity index is 1.29. The van der Waals surface area contributed by atoms with Gasteiger partial charge < -0.3 is 15.0 Å². The van der Waals surface area contributed by atoms with Crippen LogP contribution in [0.5, 0.6) is 0 Å². The zero-order valence-electron chi connectivity index (χ0n) is 17.6. The Hall–Kier alpha value is -2.77. The molecule has 2 heterocycles. The summed E-state index contributed by atoms with van der Waals surface area (Å²) < 4.78 is 19.3. The largest absolute Gasteiger partial charge is 0.379 e. The lowest BCUT2D eigenvalue weighted by Crippen LogP contribution is -2.46.